The molecule has 1 unspecified atom stereocenters. The van der Waals surface area contributed by atoms with E-state index in [2.05, 4.69) is 15.3 Å². The average molecular weight is 292 g/mol. The minimum Gasteiger partial charge on any atom is -0.493 e. The first-order chi connectivity index (χ1) is 10.1. The van der Waals surface area contributed by atoms with Gasteiger partial charge in [-0.2, -0.15) is 4.98 Å². The number of anilines is 2. The second-order valence-electron chi connectivity index (χ2n) is 4.59. The molecule has 1 atom stereocenters. The molecule has 114 valence electrons. The molecule has 0 aliphatic carbocycles. The molecule has 0 saturated heterocycles. The number of nitrogen functional groups attached to an aromatic ring is 1. The Bertz CT molecular complexity index is 629. The van der Waals surface area contributed by atoms with Crippen molar-refractivity contribution in [1.82, 2.24) is 9.97 Å². The Morgan fingerprint density at radius 2 is 1.90 bits per heavy atom. The third-order valence-electron chi connectivity index (χ3n) is 3.28. The van der Waals surface area contributed by atoms with Crippen LogP contribution in [0.1, 0.15) is 13.3 Å². The van der Waals surface area contributed by atoms with Crippen molar-refractivity contribution in [2.24, 2.45) is 0 Å². The molecule has 0 aliphatic rings. The molecule has 0 fully saturated rings. The monoisotopic (exact) mass is 292 g/mol. The molecule has 4 N–H and O–H groups in total. The zero-order valence-electron chi connectivity index (χ0n) is 12.4. The largest absolute Gasteiger partial charge is 0.493 e. The molecule has 2 rings (SSSR count). The van der Waals surface area contributed by atoms with E-state index in [1.54, 1.807) is 26.4 Å². The second kappa shape index (κ2) is 6.45. The highest BCUT2D eigenvalue weighted by Crippen LogP contribution is 2.33. The number of benzene rings is 1. The quantitative estimate of drug-likeness (QED) is 0.739. The standard InChI is InChI=1S/C14H20N4O3/c1-4-8(7-19)16-14-17-10-6-12(21-3)11(20-2)5-9(10)13(15)18-14/h5-6,8,19H,4,7H2,1-3H3,(H3,15,16,17,18). The average Bonchev–Trinajstić information content (AvgIpc) is 2.51. The van der Waals surface area contributed by atoms with E-state index >= 15 is 0 Å². The number of aromatic nitrogens is 2. The molecule has 21 heavy (non-hydrogen) atoms. The maximum atomic E-state index is 9.23. The number of aliphatic hydroxyl groups excluding tert-OH is 1. The van der Waals surface area contributed by atoms with Crippen molar-refractivity contribution < 1.29 is 14.6 Å². The van der Waals surface area contributed by atoms with Gasteiger partial charge in [0.05, 0.1) is 32.4 Å². The number of nitrogens with zero attached hydrogens (tertiary/aromatic N) is 2. The summed E-state index contributed by atoms with van der Waals surface area (Å²) < 4.78 is 10.5. The lowest BCUT2D eigenvalue weighted by Crippen LogP contribution is -2.24. The van der Waals surface area contributed by atoms with Crippen LogP contribution in [0.25, 0.3) is 10.9 Å². The molecule has 0 spiro atoms. The van der Waals surface area contributed by atoms with Crippen molar-refractivity contribution in [3.63, 3.8) is 0 Å². The second-order valence-corrected chi connectivity index (χ2v) is 4.59. The van der Waals surface area contributed by atoms with E-state index in [-0.39, 0.29) is 12.6 Å². The van der Waals surface area contributed by atoms with Crippen molar-refractivity contribution >= 4 is 22.7 Å². The van der Waals surface area contributed by atoms with Gasteiger partial charge in [0.15, 0.2) is 11.5 Å². The van der Waals surface area contributed by atoms with Crippen LogP contribution in [0.5, 0.6) is 11.5 Å². The van der Waals surface area contributed by atoms with E-state index in [1.807, 2.05) is 6.92 Å². The molecule has 1 heterocycles. The van der Waals surface area contributed by atoms with Crippen LogP contribution in [-0.4, -0.2) is 41.9 Å². The van der Waals surface area contributed by atoms with Gasteiger partial charge in [0.1, 0.15) is 5.82 Å². The number of hydrogen-bond acceptors (Lipinski definition) is 7. The SMILES string of the molecule is CCC(CO)Nc1nc(N)c2cc(OC)c(OC)cc2n1. The summed E-state index contributed by atoms with van der Waals surface area (Å²) in [7, 11) is 3.12. The lowest BCUT2D eigenvalue weighted by molar-refractivity contribution is 0.271. The van der Waals surface area contributed by atoms with Crippen LogP contribution in [0.3, 0.4) is 0 Å². The summed E-state index contributed by atoms with van der Waals surface area (Å²) in [6, 6.07) is 3.38. The minimum atomic E-state index is -0.109. The van der Waals surface area contributed by atoms with Crippen molar-refractivity contribution in [3.8, 4) is 11.5 Å². The van der Waals surface area contributed by atoms with E-state index in [4.69, 9.17) is 15.2 Å². The van der Waals surface area contributed by atoms with Gasteiger partial charge in [-0.15, -0.1) is 0 Å². The smallest absolute Gasteiger partial charge is 0.225 e. The minimum absolute atomic E-state index is 0.00371. The molecule has 0 radical (unpaired) electrons. The van der Waals surface area contributed by atoms with E-state index in [0.717, 1.165) is 6.42 Å². The van der Waals surface area contributed by atoms with Crippen LogP contribution in [-0.2, 0) is 0 Å². The number of fused-ring (bicyclic) bond motifs is 1. The van der Waals surface area contributed by atoms with Crippen LogP contribution < -0.4 is 20.5 Å². The van der Waals surface area contributed by atoms with Crippen LogP contribution in [0.4, 0.5) is 11.8 Å². The Morgan fingerprint density at radius 1 is 1.24 bits per heavy atom. The predicted molar refractivity (Wildman–Crippen MR) is 81.8 cm³/mol. The normalized spacial score (nSPS) is 12.2. The van der Waals surface area contributed by atoms with Gasteiger partial charge in [0.25, 0.3) is 0 Å². The lowest BCUT2D eigenvalue weighted by Gasteiger charge is -2.15. The van der Waals surface area contributed by atoms with E-state index in [9.17, 15) is 5.11 Å². The summed E-state index contributed by atoms with van der Waals surface area (Å²) in [6.45, 7) is 1.97. The predicted octanol–water partition coefficient (Wildman–Crippen LogP) is 1.41. The van der Waals surface area contributed by atoms with Gasteiger partial charge in [-0.1, -0.05) is 6.92 Å². The summed E-state index contributed by atoms with van der Waals surface area (Å²) in [6.07, 6.45) is 0.754. The molecular formula is C14H20N4O3. The molecule has 1 aromatic heterocycles. The van der Waals surface area contributed by atoms with Crippen LogP contribution in [0.15, 0.2) is 12.1 Å². The topological polar surface area (TPSA) is 103 Å². The Morgan fingerprint density at radius 3 is 2.48 bits per heavy atom. The molecule has 7 heteroatoms. The first kappa shape index (κ1) is 15.1. The van der Waals surface area contributed by atoms with E-state index in [1.165, 1.54) is 0 Å². The van der Waals surface area contributed by atoms with Gasteiger partial charge in [-0.3, -0.25) is 0 Å². The zero-order chi connectivity index (χ0) is 15.4. The fourth-order valence-corrected chi connectivity index (χ4v) is 2.00. The summed E-state index contributed by atoms with van der Waals surface area (Å²) in [4.78, 5) is 8.62. The van der Waals surface area contributed by atoms with Crippen molar-refractivity contribution in [3.05, 3.63) is 12.1 Å². The summed E-state index contributed by atoms with van der Waals surface area (Å²) >= 11 is 0. The highest BCUT2D eigenvalue weighted by atomic mass is 16.5. The number of ether oxygens (including phenoxy) is 2. The Labute approximate surface area is 123 Å². The van der Waals surface area contributed by atoms with Crippen molar-refractivity contribution in [2.45, 2.75) is 19.4 Å². The first-order valence-corrected chi connectivity index (χ1v) is 6.69. The van der Waals surface area contributed by atoms with E-state index < -0.39 is 0 Å². The fourth-order valence-electron chi connectivity index (χ4n) is 2.00. The van der Waals surface area contributed by atoms with Crippen LogP contribution >= 0.6 is 0 Å². The summed E-state index contributed by atoms with van der Waals surface area (Å²) in [5, 5.41) is 13.0. The van der Waals surface area contributed by atoms with Crippen molar-refractivity contribution in [2.75, 3.05) is 31.9 Å². The summed E-state index contributed by atoms with van der Waals surface area (Å²) in [5.41, 5.74) is 6.63. The molecule has 1 aromatic carbocycles. The van der Waals surface area contributed by atoms with Crippen molar-refractivity contribution in [1.29, 1.82) is 0 Å². The maximum Gasteiger partial charge on any atom is 0.225 e. The number of nitrogens with one attached hydrogen (secondary N) is 1. The fraction of sp³-hybridized carbons (Fsp3) is 0.429. The highest BCUT2D eigenvalue weighted by Gasteiger charge is 2.13. The van der Waals surface area contributed by atoms with E-state index in [0.29, 0.717) is 34.2 Å². The Hall–Kier alpha value is -2.28. The number of methoxy groups -OCH3 is 2. The molecule has 0 amide bonds. The molecule has 7 nitrogen and oxygen atoms in total. The Kier molecular flexibility index (Phi) is 4.64. The third kappa shape index (κ3) is 3.08. The number of hydrogen-bond donors (Lipinski definition) is 3. The van der Waals surface area contributed by atoms with Crippen LogP contribution in [0, 0.1) is 0 Å². The van der Waals surface area contributed by atoms with Gasteiger partial charge < -0.3 is 25.6 Å². The van der Waals surface area contributed by atoms with Gasteiger partial charge in [0, 0.05) is 11.5 Å². The third-order valence-corrected chi connectivity index (χ3v) is 3.28. The number of nitrogens with two attached hydrogens (primary N) is 1. The zero-order valence-corrected chi connectivity index (χ0v) is 12.4. The van der Waals surface area contributed by atoms with Crippen LogP contribution in [0.2, 0.25) is 0 Å². The number of aliphatic hydroxyl groups is 1. The number of rotatable bonds is 6. The highest BCUT2D eigenvalue weighted by molar-refractivity contribution is 5.91. The lowest BCUT2D eigenvalue weighted by atomic mass is 10.2. The molecule has 0 aliphatic heterocycles. The molecule has 0 saturated carbocycles. The van der Waals surface area contributed by atoms with Gasteiger partial charge in [0.2, 0.25) is 5.95 Å². The molecule has 0 bridgehead atoms. The molecular weight excluding hydrogens is 272 g/mol. The molecule has 2 aromatic rings. The first-order valence-electron chi connectivity index (χ1n) is 6.69. The van der Waals surface area contributed by atoms with Gasteiger partial charge in [-0.25, -0.2) is 4.98 Å². The Balaban J connectivity index is 2.49. The van der Waals surface area contributed by atoms with Gasteiger partial charge in [-0.05, 0) is 12.5 Å². The van der Waals surface area contributed by atoms with Gasteiger partial charge >= 0.3 is 0 Å². The summed E-state index contributed by atoms with van der Waals surface area (Å²) in [5.74, 6) is 1.87. The maximum absolute atomic E-state index is 9.23.